The highest BCUT2D eigenvalue weighted by Crippen LogP contribution is 2.23. The summed E-state index contributed by atoms with van der Waals surface area (Å²) in [5.74, 6) is 5.68. The fraction of sp³-hybridized carbons (Fsp3) is 0.600. The molecule has 2 atom stereocenters. The Kier molecular flexibility index (Phi) is 4.19. The molecule has 0 spiro atoms. The van der Waals surface area contributed by atoms with Crippen molar-refractivity contribution in [1.29, 1.82) is 0 Å². The standard InChI is InChI=1S/C15H20N2OS/c18-9-1-2-14-5-6-15(19-14)11-17-8-7-12-3-4-13(10-17)16-12/h5-6,12-13,16,18H,3-4,7-11H2/t12-,13+/m1/s1. The molecule has 1 aromatic rings. The molecule has 0 unspecified atom stereocenters. The second-order valence-electron chi connectivity index (χ2n) is 5.39. The zero-order valence-electron chi connectivity index (χ0n) is 11.1. The van der Waals surface area contributed by atoms with Gasteiger partial charge in [0.25, 0.3) is 0 Å². The fourth-order valence-electron chi connectivity index (χ4n) is 3.04. The monoisotopic (exact) mass is 276 g/mol. The van der Waals surface area contributed by atoms with E-state index in [1.807, 2.05) is 0 Å². The van der Waals surface area contributed by atoms with Crippen LogP contribution >= 0.6 is 11.3 Å². The molecular weight excluding hydrogens is 256 g/mol. The van der Waals surface area contributed by atoms with Crippen LogP contribution in [0.15, 0.2) is 12.1 Å². The number of fused-ring (bicyclic) bond motifs is 2. The highest BCUT2D eigenvalue weighted by atomic mass is 32.1. The molecule has 1 aromatic heterocycles. The molecule has 4 heteroatoms. The lowest BCUT2D eigenvalue weighted by molar-refractivity contribution is 0.253. The van der Waals surface area contributed by atoms with Crippen molar-refractivity contribution in [1.82, 2.24) is 10.2 Å². The first-order valence-corrected chi connectivity index (χ1v) is 7.82. The summed E-state index contributed by atoms with van der Waals surface area (Å²) in [6, 6.07) is 5.68. The average molecular weight is 276 g/mol. The van der Waals surface area contributed by atoms with Gasteiger partial charge in [0.05, 0.1) is 4.88 Å². The van der Waals surface area contributed by atoms with Gasteiger partial charge in [0, 0.05) is 36.6 Å². The summed E-state index contributed by atoms with van der Waals surface area (Å²) in [4.78, 5) is 4.99. The largest absolute Gasteiger partial charge is 0.384 e. The first-order chi connectivity index (χ1) is 9.33. The van der Waals surface area contributed by atoms with Crippen LogP contribution in [0.5, 0.6) is 0 Å². The van der Waals surface area contributed by atoms with Crippen LogP contribution in [0.1, 0.15) is 29.0 Å². The van der Waals surface area contributed by atoms with Crippen LogP contribution in [-0.2, 0) is 6.54 Å². The van der Waals surface area contributed by atoms with E-state index in [0.29, 0.717) is 6.04 Å². The van der Waals surface area contributed by atoms with Crippen LogP contribution in [0.4, 0.5) is 0 Å². The molecule has 0 aromatic carbocycles. The normalized spacial score (nSPS) is 26.8. The topological polar surface area (TPSA) is 35.5 Å². The number of thiophene rings is 1. The number of aliphatic hydroxyl groups excluding tert-OH is 1. The van der Waals surface area contributed by atoms with Crippen molar-refractivity contribution in [2.24, 2.45) is 0 Å². The van der Waals surface area contributed by atoms with Crippen LogP contribution in [0.25, 0.3) is 0 Å². The Morgan fingerprint density at radius 3 is 3.11 bits per heavy atom. The molecule has 3 rings (SSSR count). The predicted molar refractivity (Wildman–Crippen MR) is 78.1 cm³/mol. The lowest BCUT2D eigenvalue weighted by Gasteiger charge is -2.23. The van der Waals surface area contributed by atoms with Crippen molar-refractivity contribution < 1.29 is 5.11 Å². The van der Waals surface area contributed by atoms with Crippen LogP contribution in [0.2, 0.25) is 0 Å². The van der Waals surface area contributed by atoms with Crippen molar-refractivity contribution in [2.45, 2.75) is 37.9 Å². The van der Waals surface area contributed by atoms with E-state index >= 15 is 0 Å². The van der Waals surface area contributed by atoms with Gasteiger partial charge in [-0.25, -0.2) is 0 Å². The maximum atomic E-state index is 8.70. The molecule has 2 saturated heterocycles. The summed E-state index contributed by atoms with van der Waals surface area (Å²) >= 11 is 1.75. The Balaban J connectivity index is 1.60. The molecule has 2 fully saturated rings. The number of rotatable bonds is 2. The zero-order chi connectivity index (χ0) is 13.1. The lowest BCUT2D eigenvalue weighted by Crippen LogP contribution is -2.34. The van der Waals surface area contributed by atoms with E-state index < -0.39 is 0 Å². The van der Waals surface area contributed by atoms with Crippen molar-refractivity contribution in [3.63, 3.8) is 0 Å². The zero-order valence-corrected chi connectivity index (χ0v) is 11.9. The Morgan fingerprint density at radius 1 is 1.32 bits per heavy atom. The van der Waals surface area contributed by atoms with E-state index in [1.165, 1.54) is 37.2 Å². The highest BCUT2D eigenvalue weighted by molar-refractivity contribution is 7.12. The molecule has 2 aliphatic rings. The molecule has 19 heavy (non-hydrogen) atoms. The molecule has 0 aliphatic carbocycles. The van der Waals surface area contributed by atoms with Gasteiger partial charge in [-0.15, -0.1) is 11.3 Å². The minimum atomic E-state index is -0.0614. The van der Waals surface area contributed by atoms with Crippen LogP contribution in [0, 0.1) is 11.8 Å². The summed E-state index contributed by atoms with van der Waals surface area (Å²) in [5.41, 5.74) is 0. The van der Waals surface area contributed by atoms with Crippen LogP contribution in [-0.4, -0.2) is 41.8 Å². The summed E-state index contributed by atoms with van der Waals surface area (Å²) in [6.07, 6.45) is 3.97. The second-order valence-corrected chi connectivity index (χ2v) is 6.56. The van der Waals surface area contributed by atoms with E-state index in [1.54, 1.807) is 11.3 Å². The average Bonchev–Trinajstić information content (AvgIpc) is 2.97. The van der Waals surface area contributed by atoms with Crippen molar-refractivity contribution in [2.75, 3.05) is 19.7 Å². The molecule has 0 saturated carbocycles. The SMILES string of the molecule is OCC#Cc1ccc(CN2CC[C@H]3CC[C@@H](C2)N3)s1. The maximum Gasteiger partial charge on any atom is 0.104 e. The van der Waals surface area contributed by atoms with E-state index in [0.717, 1.165) is 17.5 Å². The summed E-state index contributed by atoms with van der Waals surface area (Å²) < 4.78 is 0. The van der Waals surface area contributed by atoms with Gasteiger partial charge in [-0.05, 0) is 31.4 Å². The second kappa shape index (κ2) is 6.06. The number of hydrogen-bond acceptors (Lipinski definition) is 4. The smallest absolute Gasteiger partial charge is 0.104 e. The first-order valence-electron chi connectivity index (χ1n) is 7.00. The van der Waals surface area contributed by atoms with Gasteiger partial charge in [0.2, 0.25) is 0 Å². The summed E-state index contributed by atoms with van der Waals surface area (Å²) in [6.45, 7) is 3.35. The third-order valence-corrected chi connectivity index (χ3v) is 4.92. The number of nitrogens with zero attached hydrogens (tertiary/aromatic N) is 1. The van der Waals surface area contributed by atoms with Crippen molar-refractivity contribution in [3.05, 3.63) is 21.9 Å². The van der Waals surface area contributed by atoms with Crippen molar-refractivity contribution >= 4 is 11.3 Å². The quantitative estimate of drug-likeness (QED) is 0.802. The van der Waals surface area contributed by atoms with Crippen LogP contribution in [0.3, 0.4) is 0 Å². The van der Waals surface area contributed by atoms with Gasteiger partial charge in [-0.3, -0.25) is 4.90 Å². The minimum Gasteiger partial charge on any atom is -0.384 e. The molecule has 0 radical (unpaired) electrons. The van der Waals surface area contributed by atoms with Gasteiger partial charge in [-0.1, -0.05) is 11.8 Å². The van der Waals surface area contributed by atoms with E-state index in [2.05, 4.69) is 34.2 Å². The highest BCUT2D eigenvalue weighted by Gasteiger charge is 2.29. The van der Waals surface area contributed by atoms with Gasteiger partial charge in [0.15, 0.2) is 0 Å². The third kappa shape index (κ3) is 3.37. The van der Waals surface area contributed by atoms with Crippen LogP contribution < -0.4 is 5.32 Å². The number of aliphatic hydroxyl groups is 1. The predicted octanol–water partition coefficient (Wildman–Crippen LogP) is 1.42. The number of likely N-dealkylation sites (tertiary alicyclic amines) is 1. The minimum absolute atomic E-state index is 0.0614. The Hall–Kier alpha value is -0.860. The first kappa shape index (κ1) is 13.1. The molecule has 2 bridgehead atoms. The van der Waals surface area contributed by atoms with Gasteiger partial charge >= 0.3 is 0 Å². The van der Waals surface area contributed by atoms with Gasteiger partial charge < -0.3 is 10.4 Å². The Morgan fingerprint density at radius 2 is 2.21 bits per heavy atom. The van der Waals surface area contributed by atoms with E-state index in [-0.39, 0.29) is 6.61 Å². The lowest BCUT2D eigenvalue weighted by atomic mass is 10.1. The number of nitrogens with one attached hydrogen (secondary N) is 1. The molecule has 102 valence electrons. The van der Waals surface area contributed by atoms with Gasteiger partial charge in [0.1, 0.15) is 6.61 Å². The molecular formula is C15H20N2OS. The summed E-state index contributed by atoms with van der Waals surface area (Å²) in [7, 11) is 0. The summed E-state index contributed by atoms with van der Waals surface area (Å²) in [5, 5.41) is 12.4. The molecule has 2 aliphatic heterocycles. The van der Waals surface area contributed by atoms with E-state index in [4.69, 9.17) is 5.11 Å². The molecule has 0 amide bonds. The van der Waals surface area contributed by atoms with E-state index in [9.17, 15) is 0 Å². The fourth-order valence-corrected chi connectivity index (χ4v) is 3.96. The Bertz CT molecular complexity index is 488. The van der Waals surface area contributed by atoms with Gasteiger partial charge in [-0.2, -0.15) is 0 Å². The number of hydrogen-bond donors (Lipinski definition) is 2. The Labute approximate surface area is 118 Å². The third-order valence-electron chi connectivity index (χ3n) is 3.94. The molecule has 2 N–H and O–H groups in total. The van der Waals surface area contributed by atoms with Crippen molar-refractivity contribution in [3.8, 4) is 11.8 Å². The molecule has 3 heterocycles. The molecule has 3 nitrogen and oxygen atoms in total. The maximum absolute atomic E-state index is 8.70.